The second-order valence-corrected chi connectivity index (χ2v) is 5.06. The summed E-state index contributed by atoms with van der Waals surface area (Å²) < 4.78 is 0. The summed E-state index contributed by atoms with van der Waals surface area (Å²) in [5.74, 6) is 1.44. The monoisotopic (exact) mass is 210 g/mol. The second-order valence-electron chi connectivity index (χ2n) is 4.02. The van der Waals surface area contributed by atoms with Crippen molar-refractivity contribution in [1.29, 1.82) is 0 Å². The molecule has 76 valence electrons. The van der Waals surface area contributed by atoms with Crippen LogP contribution >= 0.6 is 11.3 Å². The molecule has 4 heteroatoms. The lowest BCUT2D eigenvalue weighted by Gasteiger charge is -2.13. The molecule has 1 aliphatic rings. The summed E-state index contributed by atoms with van der Waals surface area (Å²) in [7, 11) is 0. The number of rotatable bonds is 2. The van der Waals surface area contributed by atoms with E-state index >= 15 is 0 Å². The molecular formula is C10H14N2OS. The lowest BCUT2D eigenvalue weighted by atomic mass is 10.0. The van der Waals surface area contributed by atoms with Gasteiger partial charge in [-0.2, -0.15) is 0 Å². The smallest absolute Gasteiger partial charge is 0.185 e. The van der Waals surface area contributed by atoms with Gasteiger partial charge in [-0.25, -0.2) is 4.98 Å². The standard InChI is InChI=1S/C10H14N2OS/c1-7-4-12(5-8(7)2)10-11-3-9(6-13)14-10/h3,6-8H,4-5H2,1-2H3. The first-order chi connectivity index (χ1) is 6.70. The van der Waals surface area contributed by atoms with Crippen LogP contribution in [-0.4, -0.2) is 24.4 Å². The van der Waals surface area contributed by atoms with Gasteiger partial charge >= 0.3 is 0 Å². The Morgan fingerprint density at radius 2 is 2.14 bits per heavy atom. The van der Waals surface area contributed by atoms with Crippen LogP contribution in [0.15, 0.2) is 6.20 Å². The van der Waals surface area contributed by atoms with Crippen LogP contribution < -0.4 is 4.90 Å². The van der Waals surface area contributed by atoms with E-state index in [0.29, 0.717) is 4.88 Å². The second kappa shape index (κ2) is 3.69. The minimum Gasteiger partial charge on any atom is -0.348 e. The number of hydrogen-bond acceptors (Lipinski definition) is 4. The van der Waals surface area contributed by atoms with Gasteiger partial charge in [0.15, 0.2) is 11.4 Å². The Hall–Kier alpha value is -0.900. The van der Waals surface area contributed by atoms with E-state index in [2.05, 4.69) is 23.7 Å². The third kappa shape index (κ3) is 1.66. The zero-order chi connectivity index (χ0) is 10.1. The number of thiazole rings is 1. The molecule has 2 atom stereocenters. The Morgan fingerprint density at radius 3 is 2.64 bits per heavy atom. The normalized spacial score (nSPS) is 26.9. The van der Waals surface area contributed by atoms with Gasteiger partial charge in [0.05, 0.1) is 11.1 Å². The average molecular weight is 210 g/mol. The Balaban J connectivity index is 2.12. The maximum absolute atomic E-state index is 10.5. The highest BCUT2D eigenvalue weighted by Gasteiger charge is 2.27. The summed E-state index contributed by atoms with van der Waals surface area (Å²) in [6.07, 6.45) is 2.52. The van der Waals surface area contributed by atoms with Crippen molar-refractivity contribution in [3.8, 4) is 0 Å². The van der Waals surface area contributed by atoms with Crippen molar-refractivity contribution in [2.24, 2.45) is 11.8 Å². The average Bonchev–Trinajstić information content (AvgIpc) is 2.74. The van der Waals surface area contributed by atoms with Crippen molar-refractivity contribution < 1.29 is 4.79 Å². The zero-order valence-corrected chi connectivity index (χ0v) is 9.25. The van der Waals surface area contributed by atoms with Gasteiger partial charge in [-0.05, 0) is 11.8 Å². The predicted molar refractivity (Wildman–Crippen MR) is 58.0 cm³/mol. The zero-order valence-electron chi connectivity index (χ0n) is 8.43. The molecule has 0 bridgehead atoms. The SMILES string of the molecule is CC1CN(c2ncc(C=O)s2)CC1C. The number of anilines is 1. The van der Waals surface area contributed by atoms with Crippen LogP contribution in [0.3, 0.4) is 0 Å². The third-order valence-corrected chi connectivity index (χ3v) is 3.87. The first-order valence-corrected chi connectivity index (χ1v) is 5.68. The first kappa shape index (κ1) is 9.65. The van der Waals surface area contributed by atoms with Crippen molar-refractivity contribution in [1.82, 2.24) is 4.98 Å². The molecule has 0 spiro atoms. The lowest BCUT2D eigenvalue weighted by Crippen LogP contribution is -2.18. The van der Waals surface area contributed by atoms with Gasteiger partial charge < -0.3 is 4.90 Å². The molecule has 0 radical (unpaired) electrons. The largest absolute Gasteiger partial charge is 0.348 e. The van der Waals surface area contributed by atoms with Crippen LogP contribution in [0.5, 0.6) is 0 Å². The molecule has 3 nitrogen and oxygen atoms in total. The van der Waals surface area contributed by atoms with Gasteiger partial charge in [0.25, 0.3) is 0 Å². The molecule has 1 aliphatic heterocycles. The molecule has 14 heavy (non-hydrogen) atoms. The van der Waals surface area contributed by atoms with Crippen LogP contribution in [-0.2, 0) is 0 Å². The van der Waals surface area contributed by atoms with Crippen LogP contribution in [0.25, 0.3) is 0 Å². The van der Waals surface area contributed by atoms with Gasteiger partial charge in [0, 0.05) is 13.1 Å². The Labute approximate surface area is 87.8 Å². The summed E-state index contributed by atoms with van der Waals surface area (Å²) in [6.45, 7) is 6.65. The van der Waals surface area contributed by atoms with Gasteiger partial charge in [0.2, 0.25) is 0 Å². The Morgan fingerprint density at radius 1 is 1.50 bits per heavy atom. The lowest BCUT2D eigenvalue weighted by molar-refractivity contribution is 0.112. The molecule has 1 aromatic heterocycles. The molecule has 0 aromatic carbocycles. The van der Waals surface area contributed by atoms with E-state index in [0.717, 1.165) is 36.3 Å². The first-order valence-electron chi connectivity index (χ1n) is 4.86. The molecule has 1 saturated heterocycles. The van der Waals surface area contributed by atoms with Crippen molar-refractivity contribution in [3.05, 3.63) is 11.1 Å². The Bertz CT molecular complexity index is 327. The van der Waals surface area contributed by atoms with E-state index in [1.807, 2.05) is 0 Å². The fourth-order valence-corrected chi connectivity index (χ4v) is 2.51. The number of carbonyl (C=O) groups excluding carboxylic acids is 1. The summed E-state index contributed by atoms with van der Waals surface area (Å²) in [4.78, 5) is 17.8. The van der Waals surface area contributed by atoms with Crippen LogP contribution in [0, 0.1) is 11.8 Å². The molecule has 0 N–H and O–H groups in total. The van der Waals surface area contributed by atoms with Gasteiger partial charge in [0.1, 0.15) is 0 Å². The van der Waals surface area contributed by atoms with Crippen molar-refractivity contribution in [2.45, 2.75) is 13.8 Å². The summed E-state index contributed by atoms with van der Waals surface area (Å²) in [6, 6.07) is 0. The third-order valence-electron chi connectivity index (χ3n) is 2.89. The highest BCUT2D eigenvalue weighted by atomic mass is 32.1. The van der Waals surface area contributed by atoms with Crippen molar-refractivity contribution in [2.75, 3.05) is 18.0 Å². The summed E-state index contributed by atoms with van der Waals surface area (Å²) in [5, 5.41) is 0.989. The summed E-state index contributed by atoms with van der Waals surface area (Å²) >= 11 is 1.48. The number of nitrogens with zero attached hydrogens (tertiary/aromatic N) is 2. The predicted octanol–water partition coefficient (Wildman–Crippen LogP) is 2.05. The van der Waals surface area contributed by atoms with E-state index in [-0.39, 0.29) is 0 Å². The molecule has 1 fully saturated rings. The minimum atomic E-state index is 0.715. The molecular weight excluding hydrogens is 196 g/mol. The molecule has 2 unspecified atom stereocenters. The molecule has 1 aromatic rings. The number of aromatic nitrogens is 1. The molecule has 2 heterocycles. The maximum atomic E-state index is 10.5. The fourth-order valence-electron chi connectivity index (χ4n) is 1.76. The highest BCUT2D eigenvalue weighted by molar-refractivity contribution is 7.17. The van der Waals surface area contributed by atoms with Crippen LogP contribution in [0.4, 0.5) is 5.13 Å². The Kier molecular flexibility index (Phi) is 2.54. The van der Waals surface area contributed by atoms with Crippen molar-refractivity contribution >= 4 is 22.8 Å². The van der Waals surface area contributed by atoms with E-state index in [9.17, 15) is 4.79 Å². The van der Waals surface area contributed by atoms with Crippen LogP contribution in [0.1, 0.15) is 23.5 Å². The highest BCUT2D eigenvalue weighted by Crippen LogP contribution is 2.30. The minimum absolute atomic E-state index is 0.715. The number of hydrogen-bond donors (Lipinski definition) is 0. The number of carbonyl (C=O) groups is 1. The van der Waals surface area contributed by atoms with E-state index < -0.39 is 0 Å². The van der Waals surface area contributed by atoms with Gasteiger partial charge in [-0.1, -0.05) is 25.2 Å². The van der Waals surface area contributed by atoms with Gasteiger partial charge in [-0.3, -0.25) is 4.79 Å². The topological polar surface area (TPSA) is 33.2 Å². The molecule has 2 rings (SSSR count). The quantitative estimate of drug-likeness (QED) is 0.700. The van der Waals surface area contributed by atoms with E-state index in [1.54, 1.807) is 6.20 Å². The van der Waals surface area contributed by atoms with E-state index in [1.165, 1.54) is 11.3 Å². The van der Waals surface area contributed by atoms with E-state index in [4.69, 9.17) is 0 Å². The van der Waals surface area contributed by atoms with Crippen molar-refractivity contribution in [3.63, 3.8) is 0 Å². The fraction of sp³-hybridized carbons (Fsp3) is 0.600. The maximum Gasteiger partial charge on any atom is 0.185 e. The molecule has 0 aliphatic carbocycles. The molecule has 0 saturated carbocycles. The van der Waals surface area contributed by atoms with Gasteiger partial charge in [-0.15, -0.1) is 0 Å². The van der Waals surface area contributed by atoms with Crippen LogP contribution in [0.2, 0.25) is 0 Å². The molecule has 0 amide bonds. The summed E-state index contributed by atoms with van der Waals surface area (Å²) in [5.41, 5.74) is 0. The number of aldehydes is 1.